The van der Waals surface area contributed by atoms with Gasteiger partial charge in [-0.25, -0.2) is 0 Å². The molecule has 0 aliphatic carbocycles. The molecule has 0 radical (unpaired) electrons. The molecular formula is C32H25ClN2O. The van der Waals surface area contributed by atoms with Gasteiger partial charge < -0.3 is 9.30 Å². The summed E-state index contributed by atoms with van der Waals surface area (Å²) in [6.45, 7) is 4.65. The fraction of sp³-hybridized carbons (Fsp3) is 0.0938. The van der Waals surface area contributed by atoms with Gasteiger partial charge >= 0.3 is 0 Å². The molecule has 0 unspecified atom stereocenters. The van der Waals surface area contributed by atoms with E-state index in [0.29, 0.717) is 17.2 Å². The Hall–Kier alpha value is -4.26. The maximum Gasteiger partial charge on any atom is 0.119 e. The van der Waals surface area contributed by atoms with Gasteiger partial charge in [-0.3, -0.25) is 0 Å². The van der Waals surface area contributed by atoms with E-state index in [1.54, 1.807) is 0 Å². The molecule has 176 valence electrons. The number of aromatic nitrogens is 1. The number of benzene rings is 4. The van der Waals surface area contributed by atoms with Crippen LogP contribution in [0.5, 0.6) is 5.75 Å². The molecule has 0 atom stereocenters. The Labute approximate surface area is 216 Å². The molecule has 0 aliphatic heterocycles. The predicted molar refractivity (Wildman–Crippen MR) is 148 cm³/mol. The fourth-order valence-corrected chi connectivity index (χ4v) is 4.59. The standard InChI is InChI=1S/C32H25ClN2O/c1-22-17-28(19-29(20-34)27-10-9-25-5-3-4-6-26(25)18-27)23(2)35(22)31-13-15-32(16-14-31)36-21-24-7-11-30(33)12-8-24/h3-19H,21H2,1-2H3/b29-19-. The van der Waals surface area contributed by atoms with Gasteiger partial charge in [0.15, 0.2) is 0 Å². The predicted octanol–water partition coefficient (Wildman–Crippen LogP) is 8.54. The van der Waals surface area contributed by atoms with Crippen LogP contribution in [0.15, 0.2) is 97.1 Å². The molecule has 0 saturated heterocycles. The van der Waals surface area contributed by atoms with Crippen molar-refractivity contribution in [3.63, 3.8) is 0 Å². The summed E-state index contributed by atoms with van der Waals surface area (Å²) in [7, 11) is 0. The van der Waals surface area contributed by atoms with Crippen LogP contribution in [-0.4, -0.2) is 4.57 Å². The minimum atomic E-state index is 0.485. The Bertz CT molecular complexity index is 1600. The highest BCUT2D eigenvalue weighted by Gasteiger charge is 2.12. The van der Waals surface area contributed by atoms with Crippen LogP contribution in [0.25, 0.3) is 28.1 Å². The van der Waals surface area contributed by atoms with Crippen LogP contribution in [0.1, 0.15) is 28.1 Å². The molecule has 1 aromatic heterocycles. The second-order valence-electron chi connectivity index (χ2n) is 8.80. The number of hydrogen-bond donors (Lipinski definition) is 0. The third kappa shape index (κ3) is 4.91. The van der Waals surface area contributed by atoms with E-state index in [1.807, 2.05) is 60.7 Å². The van der Waals surface area contributed by atoms with Gasteiger partial charge in [-0.05, 0) is 95.9 Å². The van der Waals surface area contributed by atoms with Gasteiger partial charge in [0.05, 0.1) is 11.6 Å². The lowest BCUT2D eigenvalue weighted by atomic mass is 10.0. The first-order valence-electron chi connectivity index (χ1n) is 11.8. The Morgan fingerprint density at radius 3 is 2.33 bits per heavy atom. The first-order chi connectivity index (χ1) is 17.5. The summed E-state index contributed by atoms with van der Waals surface area (Å²) >= 11 is 5.96. The van der Waals surface area contributed by atoms with Crippen molar-refractivity contribution in [3.8, 4) is 17.5 Å². The lowest BCUT2D eigenvalue weighted by Gasteiger charge is -2.12. The summed E-state index contributed by atoms with van der Waals surface area (Å²) in [6.07, 6.45) is 1.98. The summed E-state index contributed by atoms with van der Waals surface area (Å²) < 4.78 is 8.14. The van der Waals surface area contributed by atoms with Gasteiger partial charge in [-0.2, -0.15) is 5.26 Å². The van der Waals surface area contributed by atoms with Crippen molar-refractivity contribution >= 4 is 34.0 Å². The second-order valence-corrected chi connectivity index (χ2v) is 9.24. The lowest BCUT2D eigenvalue weighted by molar-refractivity contribution is 0.306. The van der Waals surface area contributed by atoms with E-state index in [0.717, 1.165) is 50.3 Å². The smallest absolute Gasteiger partial charge is 0.119 e. The van der Waals surface area contributed by atoms with Gasteiger partial charge in [0.2, 0.25) is 0 Å². The van der Waals surface area contributed by atoms with Crippen molar-refractivity contribution in [2.75, 3.05) is 0 Å². The maximum atomic E-state index is 9.93. The van der Waals surface area contributed by atoms with Gasteiger partial charge in [0, 0.05) is 22.1 Å². The minimum Gasteiger partial charge on any atom is -0.489 e. The van der Waals surface area contributed by atoms with Gasteiger partial charge in [0.25, 0.3) is 0 Å². The number of hydrogen-bond acceptors (Lipinski definition) is 2. The summed E-state index contributed by atoms with van der Waals surface area (Å²) in [6, 6.07) is 34.6. The third-order valence-corrected chi connectivity index (χ3v) is 6.62. The zero-order valence-corrected chi connectivity index (χ0v) is 21.0. The van der Waals surface area contributed by atoms with E-state index in [4.69, 9.17) is 16.3 Å². The fourth-order valence-electron chi connectivity index (χ4n) is 4.46. The van der Waals surface area contributed by atoms with Crippen molar-refractivity contribution in [1.82, 2.24) is 4.57 Å². The SMILES string of the molecule is Cc1cc(/C=C(/C#N)c2ccc3ccccc3c2)c(C)n1-c1ccc(OCc2ccc(Cl)cc2)cc1. The number of ether oxygens (including phenoxy) is 1. The molecular weight excluding hydrogens is 464 g/mol. The molecule has 0 aliphatic rings. The number of nitrogens with zero attached hydrogens (tertiary/aromatic N) is 2. The van der Waals surface area contributed by atoms with E-state index in [9.17, 15) is 5.26 Å². The van der Waals surface area contributed by atoms with Crippen molar-refractivity contribution in [2.45, 2.75) is 20.5 Å². The molecule has 0 amide bonds. The van der Waals surface area contributed by atoms with Crippen LogP contribution in [0.3, 0.4) is 0 Å². The van der Waals surface area contributed by atoms with E-state index in [2.05, 4.69) is 66.9 Å². The zero-order chi connectivity index (χ0) is 25.1. The van der Waals surface area contributed by atoms with Crippen molar-refractivity contribution < 1.29 is 4.74 Å². The average Bonchev–Trinajstić information content (AvgIpc) is 3.19. The number of rotatable bonds is 6. The Balaban J connectivity index is 1.39. The minimum absolute atomic E-state index is 0.485. The highest BCUT2D eigenvalue weighted by molar-refractivity contribution is 6.30. The maximum absolute atomic E-state index is 9.93. The van der Waals surface area contributed by atoms with Crippen LogP contribution >= 0.6 is 11.6 Å². The summed E-state index contributed by atoms with van der Waals surface area (Å²) in [5.41, 5.74) is 6.89. The molecule has 0 spiro atoms. The molecule has 4 heteroatoms. The first-order valence-corrected chi connectivity index (χ1v) is 12.2. The van der Waals surface area contributed by atoms with Gasteiger partial charge in [-0.1, -0.05) is 60.1 Å². The largest absolute Gasteiger partial charge is 0.489 e. The average molecular weight is 489 g/mol. The van der Waals surface area contributed by atoms with Crippen molar-refractivity contribution in [2.24, 2.45) is 0 Å². The van der Waals surface area contributed by atoms with E-state index in [-0.39, 0.29) is 0 Å². The summed E-state index contributed by atoms with van der Waals surface area (Å²) in [4.78, 5) is 0. The highest BCUT2D eigenvalue weighted by atomic mass is 35.5. The molecule has 0 saturated carbocycles. The number of halogens is 1. The van der Waals surface area contributed by atoms with Crippen molar-refractivity contribution in [3.05, 3.63) is 130 Å². The monoisotopic (exact) mass is 488 g/mol. The van der Waals surface area contributed by atoms with Gasteiger partial charge in [0.1, 0.15) is 12.4 Å². The second kappa shape index (κ2) is 10.2. The number of nitriles is 1. The first kappa shape index (κ1) is 23.5. The summed E-state index contributed by atoms with van der Waals surface area (Å²) in [5.74, 6) is 0.805. The zero-order valence-electron chi connectivity index (χ0n) is 20.2. The van der Waals surface area contributed by atoms with Crippen LogP contribution in [0.2, 0.25) is 5.02 Å². The molecule has 0 bridgehead atoms. The summed E-state index contributed by atoms with van der Waals surface area (Å²) in [5, 5.41) is 12.9. The molecule has 1 heterocycles. The van der Waals surface area contributed by atoms with E-state index < -0.39 is 0 Å². The van der Waals surface area contributed by atoms with Crippen LogP contribution < -0.4 is 4.74 Å². The Morgan fingerprint density at radius 2 is 1.61 bits per heavy atom. The van der Waals surface area contributed by atoms with Crippen LogP contribution in [0.4, 0.5) is 0 Å². The lowest BCUT2D eigenvalue weighted by Crippen LogP contribution is -2.00. The normalized spacial score (nSPS) is 11.4. The molecule has 5 aromatic rings. The number of allylic oxidation sites excluding steroid dienone is 1. The van der Waals surface area contributed by atoms with E-state index in [1.165, 1.54) is 0 Å². The van der Waals surface area contributed by atoms with Crippen LogP contribution in [0, 0.1) is 25.2 Å². The quantitative estimate of drug-likeness (QED) is 0.224. The number of aryl methyl sites for hydroxylation is 1. The Morgan fingerprint density at radius 1 is 0.889 bits per heavy atom. The Kier molecular flexibility index (Phi) is 6.62. The van der Waals surface area contributed by atoms with Gasteiger partial charge in [-0.15, -0.1) is 0 Å². The molecule has 0 fully saturated rings. The van der Waals surface area contributed by atoms with Crippen molar-refractivity contribution in [1.29, 1.82) is 5.26 Å². The molecule has 36 heavy (non-hydrogen) atoms. The molecule has 4 aromatic carbocycles. The topological polar surface area (TPSA) is 38.0 Å². The van der Waals surface area contributed by atoms with E-state index >= 15 is 0 Å². The third-order valence-electron chi connectivity index (χ3n) is 6.36. The molecule has 3 nitrogen and oxygen atoms in total. The number of fused-ring (bicyclic) bond motifs is 1. The van der Waals surface area contributed by atoms with Crippen LogP contribution in [-0.2, 0) is 6.61 Å². The highest BCUT2D eigenvalue weighted by Crippen LogP contribution is 2.28. The molecule has 5 rings (SSSR count). The molecule has 0 N–H and O–H groups in total.